The van der Waals surface area contributed by atoms with Gasteiger partial charge in [0.2, 0.25) is 0 Å². The maximum Gasteiger partial charge on any atom is 0.301 e. The molecule has 0 spiro atoms. The molecule has 112 valence electrons. The molecular weight excluding hydrogens is 292 g/mol. The summed E-state index contributed by atoms with van der Waals surface area (Å²) in [4.78, 5) is 13.7. The Morgan fingerprint density at radius 2 is 1.90 bits per heavy atom. The highest BCUT2D eigenvalue weighted by atomic mass is 32.2. The molecule has 0 saturated carbocycles. The minimum atomic E-state index is -3.80. The third-order valence-electron chi connectivity index (χ3n) is 2.82. The summed E-state index contributed by atoms with van der Waals surface area (Å²) < 4.78 is 28.9. The van der Waals surface area contributed by atoms with Crippen LogP contribution in [-0.2, 0) is 16.4 Å². The number of furan rings is 1. The van der Waals surface area contributed by atoms with Crippen LogP contribution < -0.4 is 10.3 Å². The third kappa shape index (κ3) is 3.93. The van der Waals surface area contributed by atoms with E-state index in [0.717, 1.165) is 18.4 Å². The van der Waals surface area contributed by atoms with Crippen molar-refractivity contribution < 1.29 is 17.6 Å². The molecule has 1 heterocycles. The number of nitrogens with one attached hydrogen (secondary N) is 2. The summed E-state index contributed by atoms with van der Waals surface area (Å²) in [7, 11) is -3.80. The molecule has 2 N–H and O–H groups in total. The van der Waals surface area contributed by atoms with E-state index >= 15 is 0 Å². The number of amides is 1. The average molecular weight is 308 g/mol. The second-order valence-corrected chi connectivity index (χ2v) is 6.11. The lowest BCUT2D eigenvalue weighted by Gasteiger charge is -2.08. The van der Waals surface area contributed by atoms with Crippen molar-refractivity contribution in [1.82, 2.24) is 10.3 Å². The number of hydrogen-bond acceptors (Lipinski definition) is 4. The lowest BCUT2D eigenvalue weighted by Crippen LogP contribution is -2.41. The molecule has 1 amide bonds. The molecule has 0 bridgehead atoms. The van der Waals surface area contributed by atoms with Crippen LogP contribution in [0.3, 0.4) is 0 Å². The molecule has 6 nitrogen and oxygen atoms in total. The number of sulfonamides is 1. The zero-order valence-electron chi connectivity index (χ0n) is 11.5. The van der Waals surface area contributed by atoms with Gasteiger partial charge >= 0.3 is 5.91 Å². The molecule has 21 heavy (non-hydrogen) atoms. The van der Waals surface area contributed by atoms with Gasteiger partial charge in [0.05, 0.1) is 11.2 Å². The van der Waals surface area contributed by atoms with Gasteiger partial charge in [-0.3, -0.25) is 10.2 Å². The van der Waals surface area contributed by atoms with Gasteiger partial charge in [-0.05, 0) is 36.2 Å². The highest BCUT2D eigenvalue weighted by molar-refractivity contribution is 7.89. The quantitative estimate of drug-likeness (QED) is 0.797. The Bertz CT molecular complexity index is 691. The van der Waals surface area contributed by atoms with Gasteiger partial charge in [0.15, 0.2) is 5.76 Å². The van der Waals surface area contributed by atoms with Crippen LogP contribution in [0.15, 0.2) is 52.0 Å². The molecule has 0 saturated heterocycles. The summed E-state index contributed by atoms with van der Waals surface area (Å²) in [5.41, 5.74) is 3.16. The Morgan fingerprint density at radius 1 is 1.19 bits per heavy atom. The van der Waals surface area contributed by atoms with Gasteiger partial charge < -0.3 is 4.42 Å². The highest BCUT2D eigenvalue weighted by Crippen LogP contribution is 2.11. The van der Waals surface area contributed by atoms with Gasteiger partial charge in [-0.2, -0.15) is 0 Å². The molecule has 0 atom stereocenters. The van der Waals surface area contributed by atoms with E-state index in [-0.39, 0.29) is 10.7 Å². The molecule has 2 aromatic rings. The van der Waals surface area contributed by atoms with Crippen molar-refractivity contribution in [2.45, 2.75) is 24.7 Å². The first-order valence-corrected chi connectivity index (χ1v) is 7.96. The predicted molar refractivity (Wildman–Crippen MR) is 76.9 cm³/mol. The van der Waals surface area contributed by atoms with Crippen molar-refractivity contribution in [2.24, 2.45) is 0 Å². The van der Waals surface area contributed by atoms with Crippen molar-refractivity contribution in [1.29, 1.82) is 0 Å². The van der Waals surface area contributed by atoms with Crippen molar-refractivity contribution in [3.8, 4) is 0 Å². The molecule has 0 unspecified atom stereocenters. The number of aryl methyl sites for hydroxylation is 1. The van der Waals surface area contributed by atoms with Crippen molar-refractivity contribution in [2.75, 3.05) is 0 Å². The van der Waals surface area contributed by atoms with E-state index in [0.29, 0.717) is 0 Å². The predicted octanol–water partition coefficient (Wildman–Crippen LogP) is 1.86. The summed E-state index contributed by atoms with van der Waals surface area (Å²) in [5.74, 6) is -0.637. The Labute approximate surface area is 123 Å². The summed E-state index contributed by atoms with van der Waals surface area (Å²) in [6, 6.07) is 9.50. The van der Waals surface area contributed by atoms with Gasteiger partial charge in [0.1, 0.15) is 0 Å². The van der Waals surface area contributed by atoms with Crippen LogP contribution in [0.25, 0.3) is 0 Å². The molecule has 0 radical (unpaired) electrons. The van der Waals surface area contributed by atoms with Crippen molar-refractivity contribution in [3.63, 3.8) is 0 Å². The molecule has 0 aliphatic heterocycles. The van der Waals surface area contributed by atoms with Gasteiger partial charge in [-0.25, -0.2) is 8.42 Å². The molecule has 0 aliphatic rings. The minimum Gasteiger partial charge on any atom is -0.459 e. The van der Waals surface area contributed by atoms with Crippen LogP contribution in [-0.4, -0.2) is 14.3 Å². The fourth-order valence-corrected chi connectivity index (χ4v) is 2.61. The van der Waals surface area contributed by atoms with E-state index in [4.69, 9.17) is 4.42 Å². The molecule has 0 aliphatic carbocycles. The number of rotatable bonds is 6. The molecule has 2 rings (SSSR count). The van der Waals surface area contributed by atoms with E-state index in [9.17, 15) is 13.2 Å². The molecule has 0 fully saturated rings. The van der Waals surface area contributed by atoms with Crippen LogP contribution in [0.5, 0.6) is 0 Å². The zero-order chi connectivity index (χ0) is 15.3. The second kappa shape index (κ2) is 6.55. The number of carbonyl (C=O) groups is 1. The SMILES string of the molecule is CCCc1ccc(S(=O)(=O)NNC(=O)c2ccco2)cc1. The van der Waals surface area contributed by atoms with E-state index in [1.807, 2.05) is 4.83 Å². The first-order chi connectivity index (χ1) is 10.0. The van der Waals surface area contributed by atoms with Crippen molar-refractivity contribution in [3.05, 3.63) is 54.0 Å². The molecule has 1 aromatic carbocycles. The Hall–Kier alpha value is -2.12. The maximum atomic E-state index is 12.0. The number of benzene rings is 1. The fourth-order valence-electron chi connectivity index (χ4n) is 1.77. The van der Waals surface area contributed by atoms with Crippen LogP contribution >= 0.6 is 0 Å². The van der Waals surface area contributed by atoms with E-state index in [1.165, 1.54) is 30.5 Å². The number of hydrazine groups is 1. The van der Waals surface area contributed by atoms with Crippen LogP contribution in [0.2, 0.25) is 0 Å². The Balaban J connectivity index is 2.02. The first-order valence-electron chi connectivity index (χ1n) is 6.47. The van der Waals surface area contributed by atoms with Gasteiger partial charge in [0, 0.05) is 0 Å². The minimum absolute atomic E-state index is 0.0241. The highest BCUT2D eigenvalue weighted by Gasteiger charge is 2.16. The van der Waals surface area contributed by atoms with E-state index in [2.05, 4.69) is 12.3 Å². The number of carbonyl (C=O) groups excluding carboxylic acids is 1. The molecular formula is C14H16N2O4S. The standard InChI is InChI=1S/C14H16N2O4S/c1-2-4-11-6-8-12(9-7-11)21(18,19)16-15-14(17)13-5-3-10-20-13/h3,5-10,16H,2,4H2,1H3,(H,15,17). The van der Waals surface area contributed by atoms with Gasteiger partial charge in [-0.15, -0.1) is 4.83 Å². The van der Waals surface area contributed by atoms with Crippen molar-refractivity contribution >= 4 is 15.9 Å². The first kappa shape index (κ1) is 15.3. The largest absolute Gasteiger partial charge is 0.459 e. The fraction of sp³-hybridized carbons (Fsp3) is 0.214. The summed E-state index contributed by atoms with van der Waals surface area (Å²) >= 11 is 0. The number of hydrogen-bond donors (Lipinski definition) is 2. The lowest BCUT2D eigenvalue weighted by atomic mass is 10.1. The maximum absolute atomic E-state index is 12.0. The van der Waals surface area contributed by atoms with Gasteiger partial charge in [-0.1, -0.05) is 25.5 Å². The molecule has 7 heteroatoms. The Kier molecular flexibility index (Phi) is 4.77. The summed E-state index contributed by atoms with van der Waals surface area (Å²) in [6.07, 6.45) is 3.21. The van der Waals surface area contributed by atoms with Crippen LogP contribution in [0.4, 0.5) is 0 Å². The zero-order valence-corrected chi connectivity index (χ0v) is 12.3. The molecule has 1 aromatic heterocycles. The van der Waals surface area contributed by atoms with E-state index < -0.39 is 15.9 Å². The monoisotopic (exact) mass is 308 g/mol. The smallest absolute Gasteiger partial charge is 0.301 e. The summed E-state index contributed by atoms with van der Waals surface area (Å²) in [5, 5.41) is 0. The lowest BCUT2D eigenvalue weighted by molar-refractivity contribution is 0.0917. The normalized spacial score (nSPS) is 11.3. The van der Waals surface area contributed by atoms with Crippen LogP contribution in [0, 0.1) is 0 Å². The topological polar surface area (TPSA) is 88.4 Å². The summed E-state index contributed by atoms with van der Waals surface area (Å²) in [6.45, 7) is 2.05. The average Bonchev–Trinajstić information content (AvgIpc) is 3.00. The third-order valence-corrected chi connectivity index (χ3v) is 4.08. The second-order valence-electron chi connectivity index (χ2n) is 4.43. The van der Waals surface area contributed by atoms with Crippen LogP contribution in [0.1, 0.15) is 29.5 Å². The van der Waals surface area contributed by atoms with Gasteiger partial charge in [0.25, 0.3) is 10.0 Å². The Morgan fingerprint density at radius 3 is 2.48 bits per heavy atom. The van der Waals surface area contributed by atoms with E-state index in [1.54, 1.807) is 12.1 Å².